The number of rotatable bonds is 6. The molecule has 0 aromatic heterocycles. The maximum atomic E-state index is 12.2. The number of aliphatic imine (C=N–C) groups is 1. The lowest BCUT2D eigenvalue weighted by molar-refractivity contribution is -0.129. The van der Waals surface area contributed by atoms with Gasteiger partial charge in [0.1, 0.15) is 0 Å². The number of carbonyl (C=O) groups excluding carboxylic acids is 1. The van der Waals surface area contributed by atoms with Gasteiger partial charge in [-0.2, -0.15) is 0 Å². The van der Waals surface area contributed by atoms with Crippen LogP contribution < -0.4 is 9.47 Å². The SMILES string of the molecule is CCOc1cc(C=C2N=C(c3cccc(Cl)c3)OC2=O)cc(Cl)c1OCC. The van der Waals surface area contributed by atoms with Crippen molar-refractivity contribution in [2.45, 2.75) is 13.8 Å². The van der Waals surface area contributed by atoms with Crippen LogP contribution in [0.15, 0.2) is 47.1 Å². The van der Waals surface area contributed by atoms with Gasteiger partial charge in [0.2, 0.25) is 5.90 Å². The van der Waals surface area contributed by atoms with Crippen molar-refractivity contribution in [3.8, 4) is 11.5 Å². The molecule has 1 heterocycles. The smallest absolute Gasteiger partial charge is 0.363 e. The molecule has 5 nitrogen and oxygen atoms in total. The Morgan fingerprint density at radius 2 is 1.89 bits per heavy atom. The summed E-state index contributed by atoms with van der Waals surface area (Å²) in [5.41, 5.74) is 1.43. The molecule has 1 aliphatic heterocycles. The van der Waals surface area contributed by atoms with E-state index in [1.807, 2.05) is 13.8 Å². The normalized spacial score (nSPS) is 14.9. The molecule has 27 heavy (non-hydrogen) atoms. The third-order valence-electron chi connectivity index (χ3n) is 3.62. The molecule has 0 unspecified atom stereocenters. The van der Waals surface area contributed by atoms with Crippen LogP contribution in [0.1, 0.15) is 25.0 Å². The van der Waals surface area contributed by atoms with Crippen molar-refractivity contribution in [1.82, 2.24) is 0 Å². The highest BCUT2D eigenvalue weighted by molar-refractivity contribution is 6.32. The number of ether oxygens (including phenoxy) is 3. The first-order chi connectivity index (χ1) is 13.0. The molecule has 0 N–H and O–H groups in total. The number of esters is 1. The average Bonchev–Trinajstić information content (AvgIpc) is 2.99. The lowest BCUT2D eigenvalue weighted by Crippen LogP contribution is -2.05. The molecule has 2 aromatic rings. The summed E-state index contributed by atoms with van der Waals surface area (Å²) in [7, 11) is 0. The van der Waals surface area contributed by atoms with Gasteiger partial charge in [-0.1, -0.05) is 29.3 Å². The van der Waals surface area contributed by atoms with E-state index < -0.39 is 5.97 Å². The van der Waals surface area contributed by atoms with Gasteiger partial charge in [-0.3, -0.25) is 0 Å². The molecule has 0 radical (unpaired) electrons. The summed E-state index contributed by atoms with van der Waals surface area (Å²) in [6.07, 6.45) is 1.59. The maximum absolute atomic E-state index is 12.2. The minimum Gasteiger partial charge on any atom is -0.490 e. The number of cyclic esters (lactones) is 1. The fraction of sp³-hybridized carbons (Fsp3) is 0.200. The summed E-state index contributed by atoms with van der Waals surface area (Å²) in [4.78, 5) is 16.5. The summed E-state index contributed by atoms with van der Waals surface area (Å²) in [5.74, 6) is 0.633. The van der Waals surface area contributed by atoms with Gasteiger partial charge in [0, 0.05) is 10.6 Å². The molecule has 0 saturated carbocycles. The van der Waals surface area contributed by atoms with Gasteiger partial charge in [0.25, 0.3) is 0 Å². The van der Waals surface area contributed by atoms with Crippen LogP contribution >= 0.6 is 23.2 Å². The fourth-order valence-electron chi connectivity index (χ4n) is 2.53. The first kappa shape index (κ1) is 19.3. The molecule has 140 valence electrons. The van der Waals surface area contributed by atoms with E-state index in [1.54, 1.807) is 42.5 Å². The second-order valence-corrected chi connectivity index (χ2v) is 6.39. The molecule has 7 heteroatoms. The summed E-state index contributed by atoms with van der Waals surface area (Å²) >= 11 is 12.3. The van der Waals surface area contributed by atoms with Gasteiger partial charge in [0.15, 0.2) is 17.2 Å². The lowest BCUT2D eigenvalue weighted by Gasteiger charge is -2.13. The zero-order valence-corrected chi connectivity index (χ0v) is 16.3. The van der Waals surface area contributed by atoms with Crippen molar-refractivity contribution in [1.29, 1.82) is 0 Å². The molecule has 1 aliphatic rings. The Balaban J connectivity index is 1.97. The molecular weight excluding hydrogens is 389 g/mol. The predicted molar refractivity (Wildman–Crippen MR) is 106 cm³/mol. The molecule has 0 saturated heterocycles. The van der Waals surface area contributed by atoms with Gasteiger partial charge < -0.3 is 14.2 Å². The second kappa shape index (κ2) is 8.46. The number of hydrogen-bond acceptors (Lipinski definition) is 5. The highest BCUT2D eigenvalue weighted by atomic mass is 35.5. The molecule has 3 rings (SSSR count). The third-order valence-corrected chi connectivity index (χ3v) is 4.13. The van der Waals surface area contributed by atoms with Crippen molar-refractivity contribution in [3.63, 3.8) is 0 Å². The topological polar surface area (TPSA) is 57.1 Å². The number of benzene rings is 2. The van der Waals surface area contributed by atoms with Gasteiger partial charge in [-0.15, -0.1) is 0 Å². The van der Waals surface area contributed by atoms with E-state index in [0.29, 0.717) is 45.9 Å². The Kier molecular flexibility index (Phi) is 6.04. The van der Waals surface area contributed by atoms with Gasteiger partial charge in [0.05, 0.1) is 18.2 Å². The van der Waals surface area contributed by atoms with E-state index in [-0.39, 0.29) is 11.6 Å². The van der Waals surface area contributed by atoms with E-state index in [0.717, 1.165) is 0 Å². The van der Waals surface area contributed by atoms with Crippen LogP contribution in [0, 0.1) is 0 Å². The van der Waals surface area contributed by atoms with E-state index in [2.05, 4.69) is 4.99 Å². The minimum atomic E-state index is -0.548. The van der Waals surface area contributed by atoms with Crippen LogP contribution in [-0.4, -0.2) is 25.1 Å². The first-order valence-corrected chi connectivity index (χ1v) is 9.15. The Morgan fingerprint density at radius 1 is 1.11 bits per heavy atom. The van der Waals surface area contributed by atoms with Crippen LogP contribution in [-0.2, 0) is 9.53 Å². The highest BCUT2D eigenvalue weighted by Gasteiger charge is 2.24. The van der Waals surface area contributed by atoms with Crippen molar-refractivity contribution in [2.24, 2.45) is 4.99 Å². The number of halogens is 2. The zero-order valence-electron chi connectivity index (χ0n) is 14.8. The Morgan fingerprint density at radius 3 is 2.59 bits per heavy atom. The fourth-order valence-corrected chi connectivity index (χ4v) is 2.99. The molecule has 0 fully saturated rings. The standard InChI is InChI=1S/C20H17Cl2NO4/c1-3-25-17-10-12(8-15(22)18(17)26-4-2)9-16-20(24)27-19(23-16)13-6-5-7-14(21)11-13/h5-11H,3-4H2,1-2H3. The molecule has 0 spiro atoms. The van der Waals surface area contributed by atoms with Crippen LogP contribution in [0.25, 0.3) is 6.08 Å². The Labute approximate surface area is 167 Å². The Hall–Kier alpha value is -2.50. The largest absolute Gasteiger partial charge is 0.490 e. The van der Waals surface area contributed by atoms with E-state index in [1.165, 1.54) is 0 Å². The van der Waals surface area contributed by atoms with Crippen molar-refractivity contribution < 1.29 is 19.0 Å². The molecule has 0 amide bonds. The number of hydrogen-bond donors (Lipinski definition) is 0. The molecule has 0 bridgehead atoms. The molecule has 0 aliphatic carbocycles. The summed E-state index contributed by atoms with van der Waals surface area (Å²) in [6, 6.07) is 10.4. The zero-order chi connectivity index (χ0) is 19.4. The van der Waals surface area contributed by atoms with Crippen LogP contribution in [0.2, 0.25) is 10.0 Å². The maximum Gasteiger partial charge on any atom is 0.363 e. The number of nitrogens with zero attached hydrogens (tertiary/aromatic N) is 1. The summed E-state index contributed by atoms with van der Waals surface area (Å²) in [6.45, 7) is 4.64. The van der Waals surface area contributed by atoms with E-state index in [9.17, 15) is 4.79 Å². The van der Waals surface area contributed by atoms with Crippen molar-refractivity contribution in [3.05, 3.63) is 63.3 Å². The summed E-state index contributed by atoms with van der Waals surface area (Å²) in [5, 5.41) is 0.920. The second-order valence-electron chi connectivity index (χ2n) is 5.54. The van der Waals surface area contributed by atoms with Crippen LogP contribution in [0.3, 0.4) is 0 Å². The monoisotopic (exact) mass is 405 g/mol. The van der Waals surface area contributed by atoms with Crippen LogP contribution in [0.4, 0.5) is 0 Å². The first-order valence-electron chi connectivity index (χ1n) is 8.39. The van der Waals surface area contributed by atoms with E-state index >= 15 is 0 Å². The molecule has 0 atom stereocenters. The minimum absolute atomic E-state index is 0.160. The lowest BCUT2D eigenvalue weighted by atomic mass is 10.1. The van der Waals surface area contributed by atoms with Crippen molar-refractivity contribution >= 4 is 41.1 Å². The quantitative estimate of drug-likeness (QED) is 0.493. The summed E-state index contributed by atoms with van der Waals surface area (Å²) < 4.78 is 16.4. The predicted octanol–water partition coefficient (Wildman–Crippen LogP) is 5.14. The van der Waals surface area contributed by atoms with E-state index in [4.69, 9.17) is 37.4 Å². The van der Waals surface area contributed by atoms with Gasteiger partial charge >= 0.3 is 5.97 Å². The third kappa shape index (κ3) is 4.43. The molecular formula is C20H17Cl2NO4. The Bertz CT molecular complexity index is 938. The van der Waals surface area contributed by atoms with Crippen LogP contribution in [0.5, 0.6) is 11.5 Å². The number of carbonyl (C=O) groups is 1. The average molecular weight is 406 g/mol. The molecule has 2 aromatic carbocycles. The van der Waals surface area contributed by atoms with Crippen molar-refractivity contribution in [2.75, 3.05) is 13.2 Å². The highest BCUT2D eigenvalue weighted by Crippen LogP contribution is 2.37. The van der Waals surface area contributed by atoms with Gasteiger partial charge in [-0.25, -0.2) is 9.79 Å². The van der Waals surface area contributed by atoms with Gasteiger partial charge in [-0.05, 0) is 55.8 Å².